The predicted molar refractivity (Wildman–Crippen MR) is 76.6 cm³/mol. The van der Waals surface area contributed by atoms with Gasteiger partial charge < -0.3 is 9.64 Å². The zero-order valence-corrected chi connectivity index (χ0v) is 13.1. The number of nitrogens with zero attached hydrogens (tertiary/aromatic N) is 2. The molecule has 106 valence electrons. The van der Waals surface area contributed by atoms with Gasteiger partial charge in [0.15, 0.2) is 0 Å². The summed E-state index contributed by atoms with van der Waals surface area (Å²) in [5.41, 5.74) is 0.558. The molecule has 1 unspecified atom stereocenters. The van der Waals surface area contributed by atoms with Crippen molar-refractivity contribution in [3.05, 3.63) is 16.1 Å². The van der Waals surface area contributed by atoms with Crippen LogP contribution in [0.1, 0.15) is 31.5 Å². The Morgan fingerprint density at radius 2 is 2.42 bits per heavy atom. The molecule has 1 aliphatic heterocycles. The van der Waals surface area contributed by atoms with Crippen LogP contribution in [0.5, 0.6) is 0 Å². The number of halogens is 1. The van der Waals surface area contributed by atoms with Crippen LogP contribution in [0.3, 0.4) is 0 Å². The van der Waals surface area contributed by atoms with Crippen LogP contribution in [-0.4, -0.2) is 40.6 Å². The van der Waals surface area contributed by atoms with E-state index in [0.717, 1.165) is 10.7 Å². The molecular formula is C13H19ClN2O2S. The van der Waals surface area contributed by atoms with Crippen molar-refractivity contribution in [2.45, 2.75) is 44.8 Å². The summed E-state index contributed by atoms with van der Waals surface area (Å²) in [6.45, 7) is 7.30. The summed E-state index contributed by atoms with van der Waals surface area (Å²) in [5, 5.41) is 2.74. The summed E-state index contributed by atoms with van der Waals surface area (Å²) in [7, 11) is 0. The van der Waals surface area contributed by atoms with E-state index in [0.29, 0.717) is 25.4 Å². The molecule has 6 heteroatoms. The third-order valence-corrected chi connectivity index (χ3v) is 4.13. The molecule has 4 nitrogen and oxygen atoms in total. The number of carbonyl (C=O) groups is 1. The Kier molecular flexibility index (Phi) is 4.48. The topological polar surface area (TPSA) is 42.4 Å². The Morgan fingerprint density at radius 3 is 3.00 bits per heavy atom. The number of carbonyl (C=O) groups excluding carboxylic acids is 1. The van der Waals surface area contributed by atoms with Crippen molar-refractivity contribution in [3.63, 3.8) is 0 Å². The first-order chi connectivity index (χ1) is 8.89. The lowest BCUT2D eigenvalue weighted by Gasteiger charge is -2.41. The molecule has 0 N–H and O–H groups in total. The van der Waals surface area contributed by atoms with Gasteiger partial charge in [0, 0.05) is 18.5 Å². The smallest absolute Gasteiger partial charge is 0.229 e. The van der Waals surface area contributed by atoms with E-state index in [-0.39, 0.29) is 17.6 Å². The molecular weight excluding hydrogens is 284 g/mol. The van der Waals surface area contributed by atoms with Gasteiger partial charge in [0.25, 0.3) is 0 Å². The van der Waals surface area contributed by atoms with E-state index >= 15 is 0 Å². The summed E-state index contributed by atoms with van der Waals surface area (Å²) < 4.78 is 5.80. The summed E-state index contributed by atoms with van der Waals surface area (Å²) in [6, 6.07) is 0. The van der Waals surface area contributed by atoms with Gasteiger partial charge in [-0.1, -0.05) is 0 Å². The molecule has 1 saturated heterocycles. The normalized spacial score (nSPS) is 22.5. The van der Waals surface area contributed by atoms with Gasteiger partial charge in [0.2, 0.25) is 5.91 Å². The molecule has 0 bridgehead atoms. The van der Waals surface area contributed by atoms with Gasteiger partial charge in [-0.3, -0.25) is 4.79 Å². The van der Waals surface area contributed by atoms with E-state index in [2.05, 4.69) is 4.98 Å². The Balaban J connectivity index is 1.99. The highest BCUT2D eigenvalue weighted by Crippen LogP contribution is 2.22. The van der Waals surface area contributed by atoms with Crippen LogP contribution in [-0.2, 0) is 21.8 Å². The molecule has 1 amide bonds. The number of thiazole rings is 1. The maximum absolute atomic E-state index is 12.3. The number of rotatable bonds is 3. The maximum atomic E-state index is 12.3. The molecule has 1 aliphatic rings. The minimum absolute atomic E-state index is 0.0717. The molecule has 1 atom stereocenters. The number of ether oxygens (including phenoxy) is 1. The molecule has 19 heavy (non-hydrogen) atoms. The van der Waals surface area contributed by atoms with Crippen LogP contribution in [0.2, 0.25) is 0 Å². The molecule has 2 rings (SSSR count). The van der Waals surface area contributed by atoms with Gasteiger partial charge in [-0.25, -0.2) is 4.98 Å². The molecule has 0 aliphatic carbocycles. The average Bonchev–Trinajstić information content (AvgIpc) is 2.74. The Morgan fingerprint density at radius 1 is 1.68 bits per heavy atom. The number of hydrogen-bond acceptors (Lipinski definition) is 4. The molecule has 0 saturated carbocycles. The largest absolute Gasteiger partial charge is 0.369 e. The maximum Gasteiger partial charge on any atom is 0.229 e. The van der Waals surface area contributed by atoms with Crippen molar-refractivity contribution >= 4 is 28.8 Å². The molecule has 0 radical (unpaired) electrons. The van der Waals surface area contributed by atoms with E-state index < -0.39 is 0 Å². The van der Waals surface area contributed by atoms with Gasteiger partial charge in [-0.05, 0) is 20.8 Å². The van der Waals surface area contributed by atoms with Crippen molar-refractivity contribution in [3.8, 4) is 0 Å². The summed E-state index contributed by atoms with van der Waals surface area (Å²) in [5.74, 6) is 0.505. The fourth-order valence-corrected chi connectivity index (χ4v) is 3.39. The molecule has 1 aromatic rings. The summed E-state index contributed by atoms with van der Waals surface area (Å²) in [4.78, 5) is 18.5. The van der Waals surface area contributed by atoms with Gasteiger partial charge in [-0.15, -0.1) is 22.9 Å². The SMILES string of the molecule is CC1CN(C(=O)Cc2nc(CCl)cs2)CC(C)(C)O1. The van der Waals surface area contributed by atoms with Crippen LogP contribution in [0.25, 0.3) is 0 Å². The van der Waals surface area contributed by atoms with E-state index in [9.17, 15) is 4.79 Å². The average molecular weight is 303 g/mol. The minimum Gasteiger partial charge on any atom is -0.369 e. The lowest BCUT2D eigenvalue weighted by Crippen LogP contribution is -2.54. The Bertz CT molecular complexity index is 461. The lowest BCUT2D eigenvalue weighted by molar-refractivity contribution is -0.157. The number of alkyl halides is 1. The summed E-state index contributed by atoms with van der Waals surface area (Å²) >= 11 is 7.21. The highest BCUT2D eigenvalue weighted by molar-refractivity contribution is 7.09. The second-order valence-electron chi connectivity index (χ2n) is 5.51. The predicted octanol–water partition coefficient (Wildman–Crippen LogP) is 2.45. The fourth-order valence-electron chi connectivity index (χ4n) is 2.38. The van der Waals surface area contributed by atoms with Crippen LogP contribution < -0.4 is 0 Å². The first-order valence-electron chi connectivity index (χ1n) is 6.34. The first-order valence-corrected chi connectivity index (χ1v) is 7.76. The lowest BCUT2D eigenvalue weighted by atomic mass is 10.1. The van der Waals surface area contributed by atoms with Gasteiger partial charge in [0.1, 0.15) is 5.01 Å². The highest BCUT2D eigenvalue weighted by Gasteiger charge is 2.33. The van der Waals surface area contributed by atoms with E-state index in [1.54, 1.807) is 0 Å². The quantitative estimate of drug-likeness (QED) is 0.806. The van der Waals surface area contributed by atoms with Gasteiger partial charge in [0.05, 0.1) is 29.7 Å². The molecule has 2 heterocycles. The fraction of sp³-hybridized carbons (Fsp3) is 0.692. The standard InChI is InChI=1S/C13H19ClN2O2S/c1-9-6-16(8-13(2,3)18-9)12(17)4-11-15-10(5-14)7-19-11/h7,9H,4-6,8H2,1-3H3. The zero-order valence-electron chi connectivity index (χ0n) is 11.5. The van der Waals surface area contributed by atoms with E-state index in [4.69, 9.17) is 16.3 Å². The molecule has 1 aromatic heterocycles. The second kappa shape index (κ2) is 5.77. The number of morpholine rings is 1. The van der Waals surface area contributed by atoms with Crippen molar-refractivity contribution in [1.29, 1.82) is 0 Å². The van der Waals surface area contributed by atoms with Gasteiger partial charge >= 0.3 is 0 Å². The first kappa shape index (κ1) is 14.8. The van der Waals surface area contributed by atoms with Crippen molar-refractivity contribution in [2.24, 2.45) is 0 Å². The minimum atomic E-state index is -0.280. The van der Waals surface area contributed by atoms with Crippen molar-refractivity contribution < 1.29 is 9.53 Å². The zero-order chi connectivity index (χ0) is 14.0. The molecule has 0 aromatic carbocycles. The second-order valence-corrected chi connectivity index (χ2v) is 6.72. The third-order valence-electron chi connectivity index (χ3n) is 2.96. The highest BCUT2D eigenvalue weighted by atomic mass is 35.5. The van der Waals surface area contributed by atoms with Crippen LogP contribution >= 0.6 is 22.9 Å². The number of amides is 1. The van der Waals surface area contributed by atoms with Crippen LogP contribution in [0, 0.1) is 0 Å². The van der Waals surface area contributed by atoms with E-state index in [1.165, 1.54) is 11.3 Å². The monoisotopic (exact) mass is 302 g/mol. The van der Waals surface area contributed by atoms with Crippen molar-refractivity contribution in [2.75, 3.05) is 13.1 Å². The van der Waals surface area contributed by atoms with Crippen LogP contribution in [0.4, 0.5) is 0 Å². The van der Waals surface area contributed by atoms with E-state index in [1.807, 2.05) is 31.1 Å². The molecule has 0 spiro atoms. The van der Waals surface area contributed by atoms with Gasteiger partial charge in [-0.2, -0.15) is 0 Å². The third kappa shape index (κ3) is 3.91. The summed E-state index contributed by atoms with van der Waals surface area (Å²) in [6.07, 6.45) is 0.423. The van der Waals surface area contributed by atoms with Crippen molar-refractivity contribution in [1.82, 2.24) is 9.88 Å². The Hall–Kier alpha value is -0.650. The Labute approximate surface area is 122 Å². The number of hydrogen-bond donors (Lipinski definition) is 0. The molecule has 1 fully saturated rings. The number of aromatic nitrogens is 1. The van der Waals surface area contributed by atoms with Crippen LogP contribution in [0.15, 0.2) is 5.38 Å².